The van der Waals surface area contributed by atoms with E-state index in [0.29, 0.717) is 11.4 Å². The van der Waals surface area contributed by atoms with Gasteiger partial charge in [0.25, 0.3) is 0 Å². The number of halogens is 3. The molecule has 1 fully saturated rings. The van der Waals surface area contributed by atoms with Crippen LogP contribution < -0.4 is 5.32 Å². The topological polar surface area (TPSA) is 67.2 Å². The van der Waals surface area contributed by atoms with Crippen molar-refractivity contribution < 1.29 is 22.8 Å². The van der Waals surface area contributed by atoms with Crippen LogP contribution in [0, 0.1) is 19.8 Å². The second-order valence-electron chi connectivity index (χ2n) is 5.97. The number of likely N-dealkylation sites (tertiary alicyclic amines) is 1. The number of rotatable bonds is 5. The second kappa shape index (κ2) is 6.82. The quantitative estimate of drug-likeness (QED) is 0.880. The molecule has 1 atom stereocenters. The average Bonchev–Trinajstić information content (AvgIpc) is 2.96. The van der Waals surface area contributed by atoms with Crippen molar-refractivity contribution in [2.24, 2.45) is 5.92 Å². The Morgan fingerprint density at radius 1 is 1.38 bits per heavy atom. The number of nitrogens with one attached hydrogen (secondary N) is 1. The van der Waals surface area contributed by atoms with Gasteiger partial charge in [0.05, 0.1) is 11.6 Å². The molecular formula is C15H21F3N4O2. The first-order chi connectivity index (χ1) is 11.1. The number of carbonyl (C=O) groups is 2. The smallest absolute Gasteiger partial charge is 0.352 e. The van der Waals surface area contributed by atoms with E-state index >= 15 is 0 Å². The van der Waals surface area contributed by atoms with E-state index in [-0.39, 0.29) is 19.5 Å². The summed E-state index contributed by atoms with van der Waals surface area (Å²) < 4.78 is 39.0. The van der Waals surface area contributed by atoms with E-state index in [1.165, 1.54) is 0 Å². The van der Waals surface area contributed by atoms with E-state index in [1.807, 2.05) is 25.5 Å². The van der Waals surface area contributed by atoms with Crippen LogP contribution >= 0.6 is 0 Å². The van der Waals surface area contributed by atoms with Crippen molar-refractivity contribution in [3.8, 4) is 0 Å². The van der Waals surface area contributed by atoms with Gasteiger partial charge in [-0.2, -0.15) is 18.3 Å². The third-order valence-electron chi connectivity index (χ3n) is 4.23. The highest BCUT2D eigenvalue weighted by atomic mass is 19.4. The van der Waals surface area contributed by atoms with Gasteiger partial charge in [-0.05, 0) is 20.8 Å². The number of hydrogen-bond acceptors (Lipinski definition) is 3. The fourth-order valence-electron chi connectivity index (χ4n) is 2.93. The van der Waals surface area contributed by atoms with Crippen LogP contribution in [0.15, 0.2) is 0 Å². The summed E-state index contributed by atoms with van der Waals surface area (Å²) >= 11 is 0. The Hall–Kier alpha value is -2.06. The number of amides is 2. The molecule has 1 aromatic heterocycles. The van der Waals surface area contributed by atoms with Gasteiger partial charge < -0.3 is 10.2 Å². The molecule has 0 aliphatic carbocycles. The second-order valence-corrected chi connectivity index (χ2v) is 5.97. The summed E-state index contributed by atoms with van der Waals surface area (Å²) in [5, 5.41) is 7.06. The van der Waals surface area contributed by atoms with Gasteiger partial charge in [-0.1, -0.05) is 0 Å². The minimum atomic E-state index is -4.45. The Labute approximate surface area is 138 Å². The SMILES string of the molecule is CCn1nc(C)c(CNC(=O)C2CC(=O)N(CC(F)(F)F)C2)c1C. The molecule has 0 radical (unpaired) electrons. The summed E-state index contributed by atoms with van der Waals surface area (Å²) in [6, 6.07) is 0. The van der Waals surface area contributed by atoms with E-state index < -0.39 is 30.5 Å². The predicted molar refractivity (Wildman–Crippen MR) is 80.0 cm³/mol. The lowest BCUT2D eigenvalue weighted by molar-refractivity contribution is -0.157. The molecule has 0 spiro atoms. The third kappa shape index (κ3) is 4.07. The first kappa shape index (κ1) is 18.3. The fraction of sp³-hybridized carbons (Fsp3) is 0.667. The van der Waals surface area contributed by atoms with Crippen molar-refractivity contribution in [3.05, 3.63) is 17.0 Å². The van der Waals surface area contributed by atoms with Crippen LogP contribution in [-0.2, 0) is 22.7 Å². The lowest BCUT2D eigenvalue weighted by Gasteiger charge is -2.18. The molecule has 1 aliphatic rings. The highest BCUT2D eigenvalue weighted by Crippen LogP contribution is 2.24. The average molecular weight is 346 g/mol. The molecule has 2 heterocycles. The molecule has 2 amide bonds. The molecule has 9 heteroatoms. The Morgan fingerprint density at radius 3 is 2.58 bits per heavy atom. The molecule has 1 N–H and O–H groups in total. The number of carbonyl (C=O) groups excluding carboxylic acids is 2. The maximum absolute atomic E-state index is 12.4. The minimum absolute atomic E-state index is 0.186. The van der Waals surface area contributed by atoms with Gasteiger partial charge in [-0.25, -0.2) is 0 Å². The summed E-state index contributed by atoms with van der Waals surface area (Å²) in [4.78, 5) is 24.5. The molecule has 134 valence electrons. The molecule has 2 rings (SSSR count). The first-order valence-electron chi connectivity index (χ1n) is 7.77. The van der Waals surface area contributed by atoms with Crippen LogP contribution in [0.5, 0.6) is 0 Å². The number of alkyl halides is 3. The molecule has 1 aliphatic heterocycles. The van der Waals surface area contributed by atoms with Crippen molar-refractivity contribution in [1.82, 2.24) is 20.0 Å². The zero-order valence-electron chi connectivity index (χ0n) is 13.9. The van der Waals surface area contributed by atoms with Gasteiger partial charge in [0, 0.05) is 37.3 Å². The summed E-state index contributed by atoms with van der Waals surface area (Å²) in [6.45, 7) is 5.15. The predicted octanol–water partition coefficient (Wildman–Crippen LogP) is 1.55. The van der Waals surface area contributed by atoms with E-state index in [9.17, 15) is 22.8 Å². The minimum Gasteiger partial charge on any atom is -0.352 e. The Kier molecular flexibility index (Phi) is 5.19. The van der Waals surface area contributed by atoms with E-state index in [0.717, 1.165) is 17.0 Å². The highest BCUT2D eigenvalue weighted by Gasteiger charge is 2.40. The lowest BCUT2D eigenvalue weighted by atomic mass is 10.1. The number of aromatic nitrogens is 2. The third-order valence-corrected chi connectivity index (χ3v) is 4.23. The summed E-state index contributed by atoms with van der Waals surface area (Å²) in [7, 11) is 0. The zero-order valence-corrected chi connectivity index (χ0v) is 13.9. The zero-order chi connectivity index (χ0) is 18.1. The van der Waals surface area contributed by atoms with Crippen LogP contribution in [0.25, 0.3) is 0 Å². The van der Waals surface area contributed by atoms with Crippen molar-refractivity contribution in [1.29, 1.82) is 0 Å². The van der Waals surface area contributed by atoms with Crippen LogP contribution in [-0.4, -0.2) is 45.8 Å². The van der Waals surface area contributed by atoms with Gasteiger partial charge in [0.15, 0.2) is 0 Å². The van der Waals surface area contributed by atoms with E-state index in [2.05, 4.69) is 10.4 Å². The molecule has 0 bridgehead atoms. The van der Waals surface area contributed by atoms with E-state index in [1.54, 1.807) is 0 Å². The van der Waals surface area contributed by atoms with Crippen LogP contribution in [0.1, 0.15) is 30.3 Å². The summed E-state index contributed by atoms with van der Waals surface area (Å²) in [6.07, 6.45) is -4.64. The maximum atomic E-state index is 12.4. The largest absolute Gasteiger partial charge is 0.406 e. The fourth-order valence-corrected chi connectivity index (χ4v) is 2.93. The van der Waals surface area contributed by atoms with Crippen LogP contribution in [0.4, 0.5) is 13.2 Å². The Morgan fingerprint density at radius 2 is 2.04 bits per heavy atom. The van der Waals surface area contributed by atoms with Gasteiger partial charge in [0.1, 0.15) is 6.54 Å². The number of hydrogen-bond donors (Lipinski definition) is 1. The Bertz CT molecular complexity index is 639. The standard InChI is InChI=1S/C15H21F3N4O2/c1-4-22-10(3)12(9(2)20-22)6-19-14(24)11-5-13(23)21(7-11)8-15(16,17)18/h11H,4-8H2,1-3H3,(H,19,24). The van der Waals surface area contributed by atoms with Crippen molar-refractivity contribution in [3.63, 3.8) is 0 Å². The van der Waals surface area contributed by atoms with Gasteiger partial charge in [-0.3, -0.25) is 14.3 Å². The normalized spacial score (nSPS) is 18.3. The van der Waals surface area contributed by atoms with Crippen molar-refractivity contribution >= 4 is 11.8 Å². The molecule has 0 aromatic carbocycles. The first-order valence-corrected chi connectivity index (χ1v) is 7.77. The van der Waals surface area contributed by atoms with Crippen LogP contribution in [0.2, 0.25) is 0 Å². The number of aryl methyl sites for hydroxylation is 2. The van der Waals surface area contributed by atoms with Gasteiger partial charge in [-0.15, -0.1) is 0 Å². The summed E-state index contributed by atoms with van der Waals surface area (Å²) in [5.74, 6) is -1.80. The monoisotopic (exact) mass is 346 g/mol. The highest BCUT2D eigenvalue weighted by molar-refractivity contribution is 5.89. The Balaban J connectivity index is 1.94. The molecule has 0 saturated carbocycles. The molecule has 24 heavy (non-hydrogen) atoms. The molecule has 1 saturated heterocycles. The van der Waals surface area contributed by atoms with Gasteiger partial charge in [0.2, 0.25) is 11.8 Å². The van der Waals surface area contributed by atoms with Crippen molar-refractivity contribution in [2.75, 3.05) is 13.1 Å². The van der Waals surface area contributed by atoms with E-state index in [4.69, 9.17) is 0 Å². The molecule has 1 aromatic rings. The van der Waals surface area contributed by atoms with Crippen molar-refractivity contribution in [2.45, 2.75) is 46.5 Å². The summed E-state index contributed by atoms with van der Waals surface area (Å²) in [5.41, 5.74) is 2.63. The lowest BCUT2D eigenvalue weighted by Crippen LogP contribution is -2.37. The molecule has 1 unspecified atom stereocenters. The molecular weight excluding hydrogens is 325 g/mol. The van der Waals surface area contributed by atoms with Gasteiger partial charge >= 0.3 is 6.18 Å². The maximum Gasteiger partial charge on any atom is 0.406 e. The molecule has 6 nitrogen and oxygen atoms in total. The number of nitrogens with zero attached hydrogens (tertiary/aromatic N) is 3. The van der Waals surface area contributed by atoms with Crippen LogP contribution in [0.3, 0.4) is 0 Å².